The molecule has 0 aromatic rings. The van der Waals surface area contributed by atoms with Gasteiger partial charge in [-0.05, 0) is 44.7 Å². The van der Waals surface area contributed by atoms with Gasteiger partial charge in [0.25, 0.3) is 0 Å². The smallest absolute Gasteiger partial charge is 0.239 e. The van der Waals surface area contributed by atoms with E-state index in [2.05, 4.69) is 18.7 Å². The molecular formula is C12H25N3O. The molecule has 16 heavy (non-hydrogen) atoms. The van der Waals surface area contributed by atoms with Crippen molar-refractivity contribution in [2.24, 2.45) is 17.4 Å². The average molecular weight is 227 g/mol. The highest BCUT2D eigenvalue weighted by molar-refractivity contribution is 5.85. The minimum atomic E-state index is -0.801. The lowest BCUT2D eigenvalue weighted by Crippen LogP contribution is -2.60. The van der Waals surface area contributed by atoms with Crippen molar-refractivity contribution in [1.29, 1.82) is 0 Å². The minimum Gasteiger partial charge on any atom is -0.368 e. The third-order valence-corrected chi connectivity index (χ3v) is 3.33. The van der Waals surface area contributed by atoms with Gasteiger partial charge < -0.3 is 16.4 Å². The summed E-state index contributed by atoms with van der Waals surface area (Å²) in [6.07, 6.45) is 4.26. The number of hydrogen-bond donors (Lipinski definition) is 2. The van der Waals surface area contributed by atoms with Crippen LogP contribution in [-0.4, -0.2) is 36.0 Å². The predicted octanol–water partition coefficient (Wildman–Crippen LogP) is 0.701. The molecule has 1 aliphatic rings. The molecule has 0 saturated heterocycles. The average Bonchev–Trinajstić information content (AvgIpc) is 3.01. The summed E-state index contributed by atoms with van der Waals surface area (Å²) in [6.45, 7) is 6.89. The van der Waals surface area contributed by atoms with Crippen molar-refractivity contribution < 1.29 is 4.79 Å². The van der Waals surface area contributed by atoms with Crippen LogP contribution in [0.15, 0.2) is 0 Å². The van der Waals surface area contributed by atoms with Gasteiger partial charge in [0, 0.05) is 6.54 Å². The summed E-state index contributed by atoms with van der Waals surface area (Å²) in [5.41, 5.74) is 10.9. The van der Waals surface area contributed by atoms with E-state index in [4.69, 9.17) is 11.5 Å². The Morgan fingerprint density at radius 1 is 1.31 bits per heavy atom. The van der Waals surface area contributed by atoms with Crippen LogP contribution in [0, 0.1) is 5.92 Å². The standard InChI is InChI=1S/C12H25N3O/c1-3-7-15(8-4-2)9-12(14,11(13)16)10-5-6-10/h10H,3-9,14H2,1-2H3,(H2,13,16). The van der Waals surface area contributed by atoms with Gasteiger partial charge in [-0.2, -0.15) is 0 Å². The molecule has 94 valence electrons. The maximum Gasteiger partial charge on any atom is 0.239 e. The molecule has 4 heteroatoms. The number of carbonyl (C=O) groups is 1. The number of nitrogens with zero attached hydrogens (tertiary/aromatic N) is 1. The van der Waals surface area contributed by atoms with Crippen LogP contribution in [0.4, 0.5) is 0 Å². The van der Waals surface area contributed by atoms with Crippen LogP contribution in [0.5, 0.6) is 0 Å². The fourth-order valence-electron chi connectivity index (χ4n) is 2.28. The van der Waals surface area contributed by atoms with E-state index in [1.165, 1.54) is 0 Å². The van der Waals surface area contributed by atoms with E-state index in [1.807, 2.05) is 0 Å². The molecule has 1 saturated carbocycles. The molecule has 0 radical (unpaired) electrons. The highest BCUT2D eigenvalue weighted by atomic mass is 16.1. The largest absolute Gasteiger partial charge is 0.368 e. The highest BCUT2D eigenvalue weighted by Gasteiger charge is 2.47. The van der Waals surface area contributed by atoms with Crippen molar-refractivity contribution in [3.05, 3.63) is 0 Å². The van der Waals surface area contributed by atoms with Gasteiger partial charge in [-0.15, -0.1) is 0 Å². The number of nitrogens with two attached hydrogens (primary N) is 2. The Labute approximate surface area is 98.3 Å². The fourth-order valence-corrected chi connectivity index (χ4v) is 2.28. The third-order valence-electron chi connectivity index (χ3n) is 3.33. The Hall–Kier alpha value is -0.610. The van der Waals surface area contributed by atoms with Gasteiger partial charge in [0.2, 0.25) is 5.91 Å². The number of amides is 1. The number of rotatable bonds is 8. The third kappa shape index (κ3) is 3.19. The summed E-state index contributed by atoms with van der Waals surface area (Å²) < 4.78 is 0. The molecule has 0 bridgehead atoms. The molecule has 1 unspecified atom stereocenters. The van der Waals surface area contributed by atoms with Crippen molar-refractivity contribution in [3.8, 4) is 0 Å². The zero-order valence-electron chi connectivity index (χ0n) is 10.5. The number of primary amides is 1. The molecule has 4 nitrogen and oxygen atoms in total. The second-order valence-corrected chi connectivity index (χ2v) is 4.96. The lowest BCUT2D eigenvalue weighted by atomic mass is 9.92. The summed E-state index contributed by atoms with van der Waals surface area (Å²) in [7, 11) is 0. The number of carbonyl (C=O) groups excluding carboxylic acids is 1. The van der Waals surface area contributed by atoms with Crippen molar-refractivity contribution >= 4 is 5.91 Å². The van der Waals surface area contributed by atoms with Crippen molar-refractivity contribution in [1.82, 2.24) is 4.90 Å². The van der Waals surface area contributed by atoms with Gasteiger partial charge in [-0.3, -0.25) is 4.79 Å². The van der Waals surface area contributed by atoms with Crippen LogP contribution in [0.1, 0.15) is 39.5 Å². The quantitative estimate of drug-likeness (QED) is 0.641. The molecule has 1 amide bonds. The molecule has 0 aromatic heterocycles. The van der Waals surface area contributed by atoms with E-state index in [0.29, 0.717) is 12.5 Å². The Kier molecular flexibility index (Phi) is 4.74. The van der Waals surface area contributed by atoms with Gasteiger partial charge in [0.1, 0.15) is 5.54 Å². The predicted molar refractivity (Wildman–Crippen MR) is 65.9 cm³/mol. The van der Waals surface area contributed by atoms with Crippen molar-refractivity contribution in [2.45, 2.75) is 45.1 Å². The van der Waals surface area contributed by atoms with Crippen LogP contribution in [0.3, 0.4) is 0 Å². The van der Waals surface area contributed by atoms with Crippen molar-refractivity contribution in [3.63, 3.8) is 0 Å². The van der Waals surface area contributed by atoms with E-state index < -0.39 is 5.54 Å². The second kappa shape index (κ2) is 5.64. The Morgan fingerprint density at radius 2 is 1.81 bits per heavy atom. The fraction of sp³-hybridized carbons (Fsp3) is 0.917. The summed E-state index contributed by atoms with van der Waals surface area (Å²) in [5.74, 6) is -0.0339. The van der Waals surface area contributed by atoms with Crippen LogP contribution >= 0.6 is 0 Å². The van der Waals surface area contributed by atoms with Gasteiger partial charge in [-0.25, -0.2) is 0 Å². The monoisotopic (exact) mass is 227 g/mol. The summed E-state index contributed by atoms with van der Waals surface area (Å²) in [6, 6.07) is 0. The molecule has 0 aromatic carbocycles. The first-order chi connectivity index (χ1) is 7.54. The van der Waals surface area contributed by atoms with Crippen molar-refractivity contribution in [2.75, 3.05) is 19.6 Å². The molecule has 1 rings (SSSR count). The Bertz CT molecular complexity index is 234. The second-order valence-electron chi connectivity index (χ2n) is 4.96. The number of hydrogen-bond acceptors (Lipinski definition) is 3. The van der Waals surface area contributed by atoms with Crippen LogP contribution in [-0.2, 0) is 4.79 Å². The molecule has 1 atom stereocenters. The molecule has 0 aliphatic heterocycles. The van der Waals surface area contributed by atoms with E-state index in [0.717, 1.165) is 38.8 Å². The van der Waals surface area contributed by atoms with E-state index >= 15 is 0 Å². The first-order valence-electron chi connectivity index (χ1n) is 6.35. The Balaban J connectivity index is 2.60. The van der Waals surface area contributed by atoms with E-state index in [-0.39, 0.29) is 5.91 Å². The summed E-state index contributed by atoms with van der Waals surface area (Å²) in [4.78, 5) is 13.8. The van der Waals surface area contributed by atoms with Crippen LogP contribution in [0.2, 0.25) is 0 Å². The lowest BCUT2D eigenvalue weighted by Gasteiger charge is -2.33. The molecule has 4 N–H and O–H groups in total. The lowest BCUT2D eigenvalue weighted by molar-refractivity contribution is -0.124. The molecule has 1 aliphatic carbocycles. The summed E-state index contributed by atoms with van der Waals surface area (Å²) in [5, 5.41) is 0. The minimum absolute atomic E-state index is 0.307. The van der Waals surface area contributed by atoms with Gasteiger partial charge in [0.05, 0.1) is 0 Å². The topological polar surface area (TPSA) is 72.3 Å². The van der Waals surface area contributed by atoms with Crippen LogP contribution < -0.4 is 11.5 Å². The van der Waals surface area contributed by atoms with Gasteiger partial charge in [-0.1, -0.05) is 13.8 Å². The molecule has 1 fully saturated rings. The van der Waals surface area contributed by atoms with E-state index in [1.54, 1.807) is 0 Å². The van der Waals surface area contributed by atoms with Gasteiger partial charge >= 0.3 is 0 Å². The van der Waals surface area contributed by atoms with Crippen LogP contribution in [0.25, 0.3) is 0 Å². The summed E-state index contributed by atoms with van der Waals surface area (Å²) >= 11 is 0. The maximum atomic E-state index is 11.5. The molecule has 0 spiro atoms. The zero-order valence-corrected chi connectivity index (χ0v) is 10.5. The molecular weight excluding hydrogens is 202 g/mol. The molecule has 0 heterocycles. The van der Waals surface area contributed by atoms with Gasteiger partial charge in [0.15, 0.2) is 0 Å². The first kappa shape index (κ1) is 13.5. The maximum absolute atomic E-state index is 11.5. The normalized spacial score (nSPS) is 19.8. The first-order valence-corrected chi connectivity index (χ1v) is 6.35. The highest BCUT2D eigenvalue weighted by Crippen LogP contribution is 2.38. The SMILES string of the molecule is CCCN(CCC)CC(N)(C(N)=O)C1CC1. The Morgan fingerprint density at radius 3 is 2.12 bits per heavy atom. The zero-order chi connectivity index (χ0) is 12.2. The van der Waals surface area contributed by atoms with E-state index in [9.17, 15) is 4.79 Å².